The quantitative estimate of drug-likeness (QED) is 0.759. The van der Waals surface area contributed by atoms with E-state index in [1.54, 1.807) is 0 Å². The van der Waals surface area contributed by atoms with Gasteiger partial charge in [0.25, 0.3) is 0 Å². The molecule has 0 radical (unpaired) electrons. The minimum Gasteiger partial charge on any atom is -0.316 e. The van der Waals surface area contributed by atoms with Crippen molar-refractivity contribution in [1.29, 1.82) is 0 Å². The Morgan fingerprint density at radius 1 is 1.10 bits per heavy atom. The summed E-state index contributed by atoms with van der Waals surface area (Å²) in [6, 6.07) is 17.7. The fourth-order valence-corrected chi connectivity index (χ4v) is 3.46. The maximum Gasteiger partial charge on any atom is 0.0207 e. The van der Waals surface area contributed by atoms with E-state index >= 15 is 0 Å². The zero-order valence-electron chi connectivity index (χ0n) is 11.9. The van der Waals surface area contributed by atoms with Gasteiger partial charge in [-0.2, -0.15) is 0 Å². The van der Waals surface area contributed by atoms with Crippen molar-refractivity contribution in [1.82, 2.24) is 5.32 Å². The highest BCUT2D eigenvalue weighted by Crippen LogP contribution is 2.22. The van der Waals surface area contributed by atoms with Crippen molar-refractivity contribution >= 4 is 27.7 Å². The lowest BCUT2D eigenvalue weighted by molar-refractivity contribution is 0.616. The van der Waals surface area contributed by atoms with Crippen molar-refractivity contribution in [2.75, 3.05) is 12.8 Å². The van der Waals surface area contributed by atoms with Crippen molar-refractivity contribution < 1.29 is 0 Å². The van der Waals surface area contributed by atoms with Crippen LogP contribution in [0.1, 0.15) is 11.1 Å². The molecule has 0 saturated heterocycles. The molecule has 1 N–H and O–H groups in total. The third kappa shape index (κ3) is 4.65. The smallest absolute Gasteiger partial charge is 0.0207 e. The predicted molar refractivity (Wildman–Crippen MR) is 92.6 cm³/mol. The molecule has 2 rings (SSSR count). The Hall–Kier alpha value is -0.770. The Balaban J connectivity index is 1.92. The summed E-state index contributed by atoms with van der Waals surface area (Å²) in [4.78, 5) is 1.34. The summed E-state index contributed by atoms with van der Waals surface area (Å²) in [5, 5.41) is 3.42. The topological polar surface area (TPSA) is 12.0 Å². The first-order valence-corrected chi connectivity index (χ1v) is 8.57. The minimum absolute atomic E-state index is 0.472. The highest BCUT2D eigenvalue weighted by Gasteiger charge is 2.10. The van der Waals surface area contributed by atoms with Crippen molar-refractivity contribution in [2.24, 2.45) is 0 Å². The highest BCUT2D eigenvalue weighted by atomic mass is 79.9. The molecular formula is C17H20BrNS. The van der Waals surface area contributed by atoms with Gasteiger partial charge >= 0.3 is 0 Å². The Morgan fingerprint density at radius 2 is 1.80 bits per heavy atom. The second kappa shape index (κ2) is 7.87. The van der Waals surface area contributed by atoms with Crippen molar-refractivity contribution in [3.63, 3.8) is 0 Å². The van der Waals surface area contributed by atoms with Crippen molar-refractivity contribution in [3.8, 4) is 0 Å². The van der Waals surface area contributed by atoms with E-state index in [0.717, 1.165) is 12.2 Å². The van der Waals surface area contributed by atoms with Crippen LogP contribution in [0.25, 0.3) is 0 Å². The molecule has 0 aromatic heterocycles. The maximum atomic E-state index is 3.62. The third-order valence-electron chi connectivity index (χ3n) is 3.30. The molecule has 2 aromatic rings. The van der Waals surface area contributed by atoms with Gasteiger partial charge in [-0.1, -0.05) is 51.8 Å². The zero-order chi connectivity index (χ0) is 14.4. The van der Waals surface area contributed by atoms with Crippen LogP contribution < -0.4 is 5.32 Å². The van der Waals surface area contributed by atoms with Crippen LogP contribution in [0.3, 0.4) is 0 Å². The van der Waals surface area contributed by atoms with Crippen LogP contribution in [-0.2, 0) is 6.42 Å². The van der Waals surface area contributed by atoms with Crippen LogP contribution in [0, 0.1) is 6.92 Å². The average Bonchev–Trinajstić information content (AvgIpc) is 2.47. The average molecular weight is 350 g/mol. The van der Waals surface area contributed by atoms with Crippen LogP contribution in [-0.4, -0.2) is 18.8 Å². The lowest BCUT2D eigenvalue weighted by Gasteiger charge is -2.16. The van der Waals surface area contributed by atoms with E-state index in [4.69, 9.17) is 0 Å². The predicted octanol–water partition coefficient (Wildman–Crippen LogP) is 4.68. The van der Waals surface area contributed by atoms with Gasteiger partial charge < -0.3 is 5.32 Å². The first kappa shape index (κ1) is 15.6. The summed E-state index contributed by atoms with van der Waals surface area (Å²) in [5.41, 5.74) is 2.67. The number of hydrogen-bond donors (Lipinski definition) is 1. The third-order valence-corrected chi connectivity index (χ3v) is 5.25. The van der Waals surface area contributed by atoms with E-state index in [1.165, 1.54) is 20.5 Å². The first-order chi connectivity index (χ1) is 9.69. The number of halogens is 1. The monoisotopic (exact) mass is 349 g/mol. The number of rotatable bonds is 6. The van der Waals surface area contributed by atoms with Gasteiger partial charge in [-0.3, -0.25) is 0 Å². The van der Waals surface area contributed by atoms with Crippen molar-refractivity contribution in [3.05, 3.63) is 64.1 Å². The molecule has 0 aliphatic heterocycles. The Morgan fingerprint density at radius 3 is 2.45 bits per heavy atom. The second-order valence-electron chi connectivity index (χ2n) is 4.91. The summed E-state index contributed by atoms with van der Waals surface area (Å²) in [5.74, 6) is 1.07. The first-order valence-electron chi connectivity index (χ1n) is 6.79. The summed E-state index contributed by atoms with van der Waals surface area (Å²) in [6.45, 7) is 2.12. The van der Waals surface area contributed by atoms with Crippen LogP contribution in [0.4, 0.5) is 0 Å². The summed E-state index contributed by atoms with van der Waals surface area (Å²) in [6.07, 6.45) is 1.04. The summed E-state index contributed by atoms with van der Waals surface area (Å²) < 4.78 is 1.19. The van der Waals surface area contributed by atoms with E-state index in [2.05, 4.69) is 76.7 Å². The lowest BCUT2D eigenvalue weighted by Crippen LogP contribution is -2.30. The zero-order valence-corrected chi connectivity index (χ0v) is 14.3. The molecule has 0 fully saturated rings. The van der Waals surface area contributed by atoms with E-state index in [0.29, 0.717) is 6.04 Å². The molecule has 1 atom stereocenters. The number of aryl methyl sites for hydroxylation is 1. The molecule has 0 aliphatic carbocycles. The largest absolute Gasteiger partial charge is 0.316 e. The normalized spacial score (nSPS) is 12.3. The molecule has 0 spiro atoms. The molecule has 0 heterocycles. The van der Waals surface area contributed by atoms with E-state index in [-0.39, 0.29) is 0 Å². The fraction of sp³-hybridized carbons (Fsp3) is 0.294. The number of thioether (sulfide) groups is 1. The van der Waals surface area contributed by atoms with Gasteiger partial charge in [-0.25, -0.2) is 0 Å². The van der Waals surface area contributed by atoms with Gasteiger partial charge in [0.15, 0.2) is 0 Å². The SMILES string of the molecule is CNC(CSc1ccc(C)cc1)Cc1ccccc1Br. The number of hydrogen-bond acceptors (Lipinski definition) is 2. The van der Waals surface area contributed by atoms with Gasteiger partial charge in [0.05, 0.1) is 0 Å². The Kier molecular flexibility index (Phi) is 6.14. The van der Waals surface area contributed by atoms with E-state index in [9.17, 15) is 0 Å². The molecule has 2 aromatic carbocycles. The van der Waals surface area contributed by atoms with Gasteiger partial charge in [-0.15, -0.1) is 11.8 Å². The minimum atomic E-state index is 0.472. The summed E-state index contributed by atoms with van der Waals surface area (Å²) >= 11 is 5.53. The highest BCUT2D eigenvalue weighted by molar-refractivity contribution is 9.10. The Bertz CT molecular complexity index is 539. The molecule has 1 unspecified atom stereocenters. The van der Waals surface area contributed by atoms with Crippen LogP contribution in [0.15, 0.2) is 57.9 Å². The molecule has 0 saturated carbocycles. The fourth-order valence-electron chi connectivity index (χ4n) is 2.01. The number of benzene rings is 2. The molecule has 106 valence electrons. The second-order valence-corrected chi connectivity index (χ2v) is 6.85. The molecule has 0 aliphatic rings. The molecule has 20 heavy (non-hydrogen) atoms. The molecule has 1 nitrogen and oxygen atoms in total. The Labute approximate surface area is 134 Å². The van der Waals surface area contributed by atoms with Crippen LogP contribution >= 0.6 is 27.7 Å². The molecule has 0 bridgehead atoms. The molecule has 3 heteroatoms. The van der Waals surface area contributed by atoms with Crippen LogP contribution in [0.5, 0.6) is 0 Å². The maximum absolute atomic E-state index is 3.62. The molecular weight excluding hydrogens is 330 g/mol. The molecule has 0 amide bonds. The van der Waals surface area contributed by atoms with E-state index < -0.39 is 0 Å². The number of likely N-dealkylation sites (N-methyl/N-ethyl adjacent to an activating group) is 1. The van der Waals surface area contributed by atoms with Gasteiger partial charge in [-0.05, 0) is 44.2 Å². The van der Waals surface area contributed by atoms with E-state index in [1.807, 2.05) is 18.8 Å². The van der Waals surface area contributed by atoms with Crippen molar-refractivity contribution in [2.45, 2.75) is 24.3 Å². The van der Waals surface area contributed by atoms with Crippen LogP contribution in [0.2, 0.25) is 0 Å². The standard InChI is InChI=1S/C17H20BrNS/c1-13-7-9-16(10-8-13)20-12-15(19-2)11-14-5-3-4-6-17(14)18/h3-10,15,19H,11-12H2,1-2H3. The summed E-state index contributed by atoms with van der Waals surface area (Å²) in [7, 11) is 2.04. The van der Waals surface area contributed by atoms with Gasteiger partial charge in [0, 0.05) is 21.2 Å². The van der Waals surface area contributed by atoms with Gasteiger partial charge in [0.1, 0.15) is 0 Å². The lowest BCUT2D eigenvalue weighted by atomic mass is 10.1. The van der Waals surface area contributed by atoms with Gasteiger partial charge in [0.2, 0.25) is 0 Å². The number of nitrogens with one attached hydrogen (secondary N) is 1.